The number of aromatic nitrogens is 2. The number of nitriles is 1. The van der Waals surface area contributed by atoms with Gasteiger partial charge in [-0.05, 0) is 17.7 Å². The van der Waals surface area contributed by atoms with Gasteiger partial charge in [-0.25, -0.2) is 0 Å². The summed E-state index contributed by atoms with van der Waals surface area (Å²) in [5, 5.41) is 13.3. The molecule has 120 valence electrons. The summed E-state index contributed by atoms with van der Waals surface area (Å²) in [4.78, 5) is 12.2. The van der Waals surface area contributed by atoms with E-state index in [0.29, 0.717) is 5.02 Å². The second-order valence-electron chi connectivity index (χ2n) is 4.50. The van der Waals surface area contributed by atoms with Crippen LogP contribution in [0.5, 0.6) is 5.75 Å². The highest BCUT2D eigenvalue weighted by molar-refractivity contribution is 6.30. The van der Waals surface area contributed by atoms with Crippen molar-refractivity contribution in [2.45, 2.75) is 18.8 Å². The van der Waals surface area contributed by atoms with Gasteiger partial charge in [-0.15, -0.1) is 13.2 Å². The van der Waals surface area contributed by atoms with Crippen molar-refractivity contribution < 1.29 is 22.7 Å². The summed E-state index contributed by atoms with van der Waals surface area (Å²) in [6, 6.07) is 6.53. The number of halogens is 4. The monoisotopic (exact) mass is 343 g/mol. The topological polar surface area (TPSA) is 67.9 Å². The SMILES string of the molecule is N#CC(C(=O)Cn1cc(Cl)cn1)c1cccc(OC(F)(F)F)c1. The summed E-state index contributed by atoms with van der Waals surface area (Å²) in [5.74, 6) is -2.27. The Kier molecular flexibility index (Phi) is 4.91. The fourth-order valence-corrected chi connectivity index (χ4v) is 2.06. The zero-order chi connectivity index (χ0) is 17.0. The fourth-order valence-electron chi connectivity index (χ4n) is 1.90. The van der Waals surface area contributed by atoms with Crippen LogP contribution in [0.15, 0.2) is 36.7 Å². The lowest BCUT2D eigenvalue weighted by Gasteiger charge is -2.12. The minimum atomic E-state index is -4.85. The highest BCUT2D eigenvalue weighted by Gasteiger charge is 2.31. The highest BCUT2D eigenvalue weighted by Crippen LogP contribution is 2.26. The number of hydrogen-bond acceptors (Lipinski definition) is 4. The van der Waals surface area contributed by atoms with Crippen LogP contribution in [0, 0.1) is 11.3 Å². The van der Waals surface area contributed by atoms with E-state index in [9.17, 15) is 18.0 Å². The van der Waals surface area contributed by atoms with E-state index in [4.69, 9.17) is 16.9 Å². The Morgan fingerprint density at radius 2 is 2.22 bits per heavy atom. The standard InChI is InChI=1S/C14H9ClF3N3O2/c15-10-6-20-21(7-10)8-13(22)12(5-19)9-2-1-3-11(4-9)23-14(16,17)18/h1-4,6-7,12H,8H2. The van der Waals surface area contributed by atoms with Gasteiger partial charge in [0.2, 0.25) is 0 Å². The molecule has 0 aliphatic heterocycles. The first-order valence-electron chi connectivity index (χ1n) is 6.24. The Morgan fingerprint density at radius 3 is 2.78 bits per heavy atom. The maximum absolute atomic E-state index is 12.2. The molecule has 0 radical (unpaired) electrons. The molecule has 0 aliphatic rings. The molecule has 1 heterocycles. The van der Waals surface area contributed by atoms with Gasteiger partial charge in [0.15, 0.2) is 5.78 Å². The lowest BCUT2D eigenvalue weighted by atomic mass is 9.96. The molecule has 0 fully saturated rings. The molecule has 2 rings (SSSR count). The van der Waals surface area contributed by atoms with E-state index in [-0.39, 0.29) is 12.1 Å². The first kappa shape index (κ1) is 16.8. The third-order valence-corrected chi connectivity index (χ3v) is 2.99. The van der Waals surface area contributed by atoms with Crippen molar-refractivity contribution in [3.05, 3.63) is 47.2 Å². The predicted molar refractivity (Wildman–Crippen MR) is 73.7 cm³/mol. The Balaban J connectivity index is 2.18. The summed E-state index contributed by atoms with van der Waals surface area (Å²) in [5.41, 5.74) is 0.109. The molecule has 0 N–H and O–H groups in total. The molecule has 1 unspecified atom stereocenters. The van der Waals surface area contributed by atoms with Crippen molar-refractivity contribution in [1.82, 2.24) is 9.78 Å². The van der Waals surface area contributed by atoms with E-state index >= 15 is 0 Å². The Bertz CT molecular complexity index is 752. The van der Waals surface area contributed by atoms with E-state index in [1.54, 1.807) is 6.07 Å². The Morgan fingerprint density at radius 1 is 1.48 bits per heavy atom. The van der Waals surface area contributed by atoms with Crippen LogP contribution in [0.25, 0.3) is 0 Å². The minimum absolute atomic E-state index is 0.109. The van der Waals surface area contributed by atoms with Crippen LogP contribution >= 0.6 is 11.6 Å². The van der Waals surface area contributed by atoms with Gasteiger partial charge in [0.1, 0.15) is 18.2 Å². The van der Waals surface area contributed by atoms with Gasteiger partial charge in [-0.1, -0.05) is 23.7 Å². The molecule has 9 heteroatoms. The molecule has 0 aliphatic carbocycles. The van der Waals surface area contributed by atoms with Gasteiger partial charge >= 0.3 is 6.36 Å². The first-order valence-corrected chi connectivity index (χ1v) is 6.62. The zero-order valence-electron chi connectivity index (χ0n) is 11.4. The van der Waals surface area contributed by atoms with E-state index in [1.807, 2.05) is 0 Å². The van der Waals surface area contributed by atoms with Crippen LogP contribution in [0.1, 0.15) is 11.5 Å². The second-order valence-corrected chi connectivity index (χ2v) is 4.94. The number of ketones is 1. The van der Waals surface area contributed by atoms with Crippen molar-refractivity contribution in [2.24, 2.45) is 0 Å². The minimum Gasteiger partial charge on any atom is -0.406 e. The predicted octanol–water partition coefficient (Wildman–Crippen LogP) is 3.31. The largest absolute Gasteiger partial charge is 0.573 e. The first-order chi connectivity index (χ1) is 10.8. The number of ether oxygens (including phenoxy) is 1. The van der Waals surface area contributed by atoms with Crippen molar-refractivity contribution in [3.63, 3.8) is 0 Å². The van der Waals surface area contributed by atoms with Crippen LogP contribution in [-0.4, -0.2) is 21.9 Å². The van der Waals surface area contributed by atoms with Gasteiger partial charge in [0, 0.05) is 6.20 Å². The van der Waals surface area contributed by atoms with E-state index < -0.39 is 23.8 Å². The summed E-state index contributed by atoms with van der Waals surface area (Å²) in [6.07, 6.45) is -2.12. The number of benzene rings is 1. The molecule has 0 bridgehead atoms. The molecule has 0 saturated carbocycles. The Hall–Kier alpha value is -2.53. The summed E-state index contributed by atoms with van der Waals surface area (Å²) in [6.45, 7) is -0.227. The number of nitrogens with zero attached hydrogens (tertiary/aromatic N) is 3. The van der Waals surface area contributed by atoms with E-state index in [1.165, 1.54) is 29.2 Å². The van der Waals surface area contributed by atoms with Crippen LogP contribution in [-0.2, 0) is 11.3 Å². The lowest BCUT2D eigenvalue weighted by Crippen LogP contribution is -2.19. The zero-order valence-corrected chi connectivity index (χ0v) is 12.2. The van der Waals surface area contributed by atoms with Crippen molar-refractivity contribution in [3.8, 4) is 11.8 Å². The molecule has 1 aromatic carbocycles. The Labute approximate surface area is 133 Å². The number of carbonyl (C=O) groups is 1. The van der Waals surface area contributed by atoms with Gasteiger partial charge < -0.3 is 4.74 Å². The molecule has 23 heavy (non-hydrogen) atoms. The molecule has 0 spiro atoms. The number of carbonyl (C=O) groups excluding carboxylic acids is 1. The molecule has 5 nitrogen and oxygen atoms in total. The van der Waals surface area contributed by atoms with Crippen molar-refractivity contribution in [1.29, 1.82) is 5.26 Å². The van der Waals surface area contributed by atoms with Gasteiger partial charge in [-0.2, -0.15) is 10.4 Å². The maximum Gasteiger partial charge on any atom is 0.573 e. The van der Waals surface area contributed by atoms with Crippen LogP contribution < -0.4 is 4.74 Å². The quantitative estimate of drug-likeness (QED) is 0.835. The average molecular weight is 344 g/mol. The molecular weight excluding hydrogens is 335 g/mol. The third kappa shape index (κ3) is 4.72. The molecule has 0 saturated heterocycles. The highest BCUT2D eigenvalue weighted by atomic mass is 35.5. The van der Waals surface area contributed by atoms with Crippen molar-refractivity contribution >= 4 is 17.4 Å². The van der Waals surface area contributed by atoms with E-state index in [0.717, 1.165) is 12.1 Å². The summed E-state index contributed by atoms with van der Waals surface area (Å²) in [7, 11) is 0. The normalized spacial score (nSPS) is 12.5. The number of alkyl halides is 3. The average Bonchev–Trinajstić information content (AvgIpc) is 2.83. The van der Waals surface area contributed by atoms with Gasteiger partial charge in [-0.3, -0.25) is 9.48 Å². The lowest BCUT2D eigenvalue weighted by molar-refractivity contribution is -0.274. The van der Waals surface area contributed by atoms with Crippen LogP contribution in [0.4, 0.5) is 13.2 Å². The molecular formula is C14H9ClF3N3O2. The van der Waals surface area contributed by atoms with Crippen molar-refractivity contribution in [2.75, 3.05) is 0 Å². The summed E-state index contributed by atoms with van der Waals surface area (Å²) >= 11 is 5.67. The molecule has 1 aromatic heterocycles. The second kappa shape index (κ2) is 6.71. The van der Waals surface area contributed by atoms with E-state index in [2.05, 4.69) is 9.84 Å². The molecule has 2 aromatic rings. The van der Waals surface area contributed by atoms with Gasteiger partial charge in [0.25, 0.3) is 0 Å². The fraction of sp³-hybridized carbons (Fsp3) is 0.214. The van der Waals surface area contributed by atoms with Gasteiger partial charge in [0.05, 0.1) is 17.3 Å². The third-order valence-electron chi connectivity index (χ3n) is 2.80. The van der Waals surface area contributed by atoms with Crippen LogP contribution in [0.3, 0.4) is 0 Å². The smallest absolute Gasteiger partial charge is 0.406 e. The number of hydrogen-bond donors (Lipinski definition) is 0. The van der Waals surface area contributed by atoms with Crippen LogP contribution in [0.2, 0.25) is 5.02 Å². The number of rotatable bonds is 5. The maximum atomic E-state index is 12.2. The molecule has 1 atom stereocenters. The summed E-state index contributed by atoms with van der Waals surface area (Å²) < 4.78 is 41.7. The number of Topliss-reactive ketones (excluding diaryl/α,β-unsaturated/α-hetero) is 1. The molecule has 0 amide bonds.